The summed E-state index contributed by atoms with van der Waals surface area (Å²) in [6.45, 7) is 2.47. The molecule has 24 heavy (non-hydrogen) atoms. The molecule has 6 nitrogen and oxygen atoms in total. The molecule has 2 amide bonds. The van der Waals surface area contributed by atoms with Crippen molar-refractivity contribution in [1.82, 2.24) is 9.88 Å². The van der Waals surface area contributed by atoms with Crippen molar-refractivity contribution >= 4 is 17.6 Å². The van der Waals surface area contributed by atoms with Crippen LogP contribution in [0.3, 0.4) is 0 Å². The third-order valence-corrected chi connectivity index (χ3v) is 4.43. The number of rotatable bonds is 3. The molecule has 1 aliphatic heterocycles. The van der Waals surface area contributed by atoms with Gasteiger partial charge in [0.05, 0.1) is 0 Å². The molecule has 1 aromatic heterocycles. The second-order valence-corrected chi connectivity index (χ2v) is 6.06. The minimum atomic E-state index is -0.499. The molecule has 3 rings (SSSR count). The molecule has 6 heteroatoms. The molecule has 0 saturated carbocycles. The van der Waals surface area contributed by atoms with Gasteiger partial charge in [-0.15, -0.1) is 0 Å². The van der Waals surface area contributed by atoms with E-state index >= 15 is 0 Å². The molecule has 0 bridgehead atoms. The number of primary amides is 1. The third-order valence-electron chi connectivity index (χ3n) is 4.43. The van der Waals surface area contributed by atoms with Crippen molar-refractivity contribution in [2.45, 2.75) is 25.8 Å². The lowest BCUT2D eigenvalue weighted by Gasteiger charge is -2.22. The first-order chi connectivity index (χ1) is 11.5. The molecule has 1 atom stereocenters. The molecular formula is C18H20N4O2. The number of aryl methyl sites for hydroxylation is 1. The first-order valence-electron chi connectivity index (χ1n) is 7.90. The van der Waals surface area contributed by atoms with Gasteiger partial charge in [-0.1, -0.05) is 12.1 Å². The lowest BCUT2D eigenvalue weighted by Crippen LogP contribution is -2.43. The Morgan fingerprint density at radius 3 is 2.54 bits per heavy atom. The van der Waals surface area contributed by atoms with Gasteiger partial charge in [0.1, 0.15) is 11.9 Å². The van der Waals surface area contributed by atoms with E-state index in [1.165, 1.54) is 0 Å². The molecule has 2 heterocycles. The van der Waals surface area contributed by atoms with Crippen molar-refractivity contribution in [2.24, 2.45) is 5.73 Å². The number of amides is 2. The molecular weight excluding hydrogens is 304 g/mol. The predicted molar refractivity (Wildman–Crippen MR) is 92.1 cm³/mol. The van der Waals surface area contributed by atoms with Gasteiger partial charge in [0, 0.05) is 23.9 Å². The smallest absolute Gasteiger partial charge is 0.254 e. The van der Waals surface area contributed by atoms with Gasteiger partial charge in [-0.3, -0.25) is 9.59 Å². The van der Waals surface area contributed by atoms with Crippen LogP contribution in [0.1, 0.15) is 28.8 Å². The minimum Gasteiger partial charge on any atom is -0.383 e. The fraction of sp³-hybridized carbons (Fsp3) is 0.278. The number of nitrogens with two attached hydrogens (primary N) is 2. The number of pyridine rings is 1. The zero-order chi connectivity index (χ0) is 17.3. The Balaban J connectivity index is 1.82. The number of carbonyl (C=O) groups is 2. The molecule has 124 valence electrons. The Morgan fingerprint density at radius 2 is 1.92 bits per heavy atom. The first kappa shape index (κ1) is 16.0. The summed E-state index contributed by atoms with van der Waals surface area (Å²) >= 11 is 0. The monoisotopic (exact) mass is 324 g/mol. The average Bonchev–Trinajstić information content (AvgIpc) is 3.07. The summed E-state index contributed by atoms with van der Waals surface area (Å²) in [5.74, 6) is -0.0903. The quantitative estimate of drug-likeness (QED) is 0.897. The Bertz CT molecular complexity index is 786. The lowest BCUT2D eigenvalue weighted by atomic mass is 10.0. The van der Waals surface area contributed by atoms with Gasteiger partial charge in [-0.25, -0.2) is 4.98 Å². The molecule has 1 aromatic carbocycles. The van der Waals surface area contributed by atoms with Crippen LogP contribution in [0, 0.1) is 6.92 Å². The van der Waals surface area contributed by atoms with Crippen LogP contribution in [-0.4, -0.2) is 34.3 Å². The van der Waals surface area contributed by atoms with Crippen LogP contribution in [0.25, 0.3) is 11.1 Å². The number of benzene rings is 1. The van der Waals surface area contributed by atoms with Crippen molar-refractivity contribution < 1.29 is 9.59 Å². The molecule has 1 saturated heterocycles. The van der Waals surface area contributed by atoms with Crippen LogP contribution in [0.15, 0.2) is 36.5 Å². The van der Waals surface area contributed by atoms with Crippen molar-refractivity contribution in [3.63, 3.8) is 0 Å². The molecule has 0 unspecified atom stereocenters. The maximum atomic E-state index is 12.6. The zero-order valence-corrected chi connectivity index (χ0v) is 13.5. The Kier molecular flexibility index (Phi) is 4.20. The summed E-state index contributed by atoms with van der Waals surface area (Å²) in [7, 11) is 0. The lowest BCUT2D eigenvalue weighted by molar-refractivity contribution is -0.121. The van der Waals surface area contributed by atoms with E-state index in [4.69, 9.17) is 11.5 Å². The maximum absolute atomic E-state index is 12.6. The molecule has 4 N–H and O–H groups in total. The molecule has 0 aliphatic carbocycles. The molecule has 1 fully saturated rings. The van der Waals surface area contributed by atoms with E-state index < -0.39 is 11.9 Å². The van der Waals surface area contributed by atoms with Crippen LogP contribution in [0.5, 0.6) is 0 Å². The van der Waals surface area contributed by atoms with E-state index in [0.717, 1.165) is 23.1 Å². The Labute approximate surface area is 140 Å². The highest BCUT2D eigenvalue weighted by molar-refractivity contribution is 5.98. The van der Waals surface area contributed by atoms with Gasteiger partial charge in [-0.2, -0.15) is 0 Å². The normalized spacial score (nSPS) is 17.0. The Morgan fingerprint density at radius 1 is 1.21 bits per heavy atom. The van der Waals surface area contributed by atoms with E-state index in [-0.39, 0.29) is 5.91 Å². The SMILES string of the molecule is Cc1cc(-c2ccc(C(=O)N3CCC[C@H]3C(N)=O)cc2)cnc1N. The largest absolute Gasteiger partial charge is 0.383 e. The van der Waals surface area contributed by atoms with Gasteiger partial charge >= 0.3 is 0 Å². The van der Waals surface area contributed by atoms with Crippen molar-refractivity contribution in [3.8, 4) is 11.1 Å². The number of hydrogen-bond donors (Lipinski definition) is 2. The van der Waals surface area contributed by atoms with Crippen LogP contribution >= 0.6 is 0 Å². The number of aromatic nitrogens is 1. The fourth-order valence-electron chi connectivity index (χ4n) is 3.02. The van der Waals surface area contributed by atoms with E-state index in [9.17, 15) is 9.59 Å². The topological polar surface area (TPSA) is 102 Å². The van der Waals surface area contributed by atoms with Crippen LogP contribution in [-0.2, 0) is 4.79 Å². The summed E-state index contributed by atoms with van der Waals surface area (Å²) in [5, 5.41) is 0. The zero-order valence-electron chi connectivity index (χ0n) is 13.5. The molecule has 0 radical (unpaired) electrons. The summed E-state index contributed by atoms with van der Waals surface area (Å²) in [4.78, 5) is 29.8. The van der Waals surface area contributed by atoms with Crippen molar-refractivity contribution in [2.75, 3.05) is 12.3 Å². The summed E-state index contributed by atoms with van der Waals surface area (Å²) in [6.07, 6.45) is 3.14. The highest BCUT2D eigenvalue weighted by Crippen LogP contribution is 2.24. The highest BCUT2D eigenvalue weighted by atomic mass is 16.2. The highest BCUT2D eigenvalue weighted by Gasteiger charge is 2.33. The molecule has 0 spiro atoms. The fourth-order valence-corrected chi connectivity index (χ4v) is 3.02. The standard InChI is InChI=1S/C18H20N4O2/c1-11-9-14(10-21-16(11)19)12-4-6-13(7-5-12)18(24)22-8-2-3-15(22)17(20)23/h4-7,9-10,15H,2-3,8H2,1H3,(H2,19,21)(H2,20,23)/t15-/m0/s1. The van der Waals surface area contributed by atoms with E-state index in [1.54, 1.807) is 23.2 Å². The van der Waals surface area contributed by atoms with Crippen LogP contribution in [0.2, 0.25) is 0 Å². The first-order valence-corrected chi connectivity index (χ1v) is 7.90. The van der Waals surface area contributed by atoms with Gasteiger partial charge in [-0.05, 0) is 49.1 Å². The maximum Gasteiger partial charge on any atom is 0.254 e. The molecule has 2 aromatic rings. The molecule has 1 aliphatic rings. The van der Waals surface area contributed by atoms with Crippen LogP contribution in [0.4, 0.5) is 5.82 Å². The summed E-state index contributed by atoms with van der Waals surface area (Å²) < 4.78 is 0. The van der Waals surface area contributed by atoms with Gasteiger partial charge in [0.25, 0.3) is 5.91 Å². The number of nitrogen functional groups attached to an aromatic ring is 1. The van der Waals surface area contributed by atoms with Gasteiger partial charge in [0.2, 0.25) is 5.91 Å². The van der Waals surface area contributed by atoms with E-state index in [2.05, 4.69) is 4.98 Å². The second-order valence-electron chi connectivity index (χ2n) is 6.06. The van der Waals surface area contributed by atoms with Gasteiger partial charge < -0.3 is 16.4 Å². The van der Waals surface area contributed by atoms with Crippen molar-refractivity contribution in [1.29, 1.82) is 0 Å². The third kappa shape index (κ3) is 2.95. The number of carbonyl (C=O) groups excluding carboxylic acids is 2. The summed E-state index contributed by atoms with van der Waals surface area (Å²) in [5.41, 5.74) is 14.5. The number of hydrogen-bond acceptors (Lipinski definition) is 4. The second kappa shape index (κ2) is 6.31. The number of nitrogens with zero attached hydrogens (tertiary/aromatic N) is 2. The van der Waals surface area contributed by atoms with E-state index in [1.807, 2.05) is 25.1 Å². The van der Waals surface area contributed by atoms with Gasteiger partial charge in [0.15, 0.2) is 0 Å². The number of likely N-dealkylation sites (tertiary alicyclic amines) is 1. The minimum absolute atomic E-state index is 0.158. The summed E-state index contributed by atoms with van der Waals surface area (Å²) in [6, 6.07) is 8.73. The van der Waals surface area contributed by atoms with Crippen LogP contribution < -0.4 is 11.5 Å². The average molecular weight is 324 g/mol. The number of anilines is 1. The predicted octanol–water partition coefficient (Wildman–Crippen LogP) is 1.73. The van der Waals surface area contributed by atoms with Crippen molar-refractivity contribution in [3.05, 3.63) is 47.7 Å². The Hall–Kier alpha value is -2.89. The van der Waals surface area contributed by atoms with E-state index in [0.29, 0.717) is 24.3 Å².